The van der Waals surface area contributed by atoms with Crippen LogP contribution in [-0.2, 0) is 9.47 Å². The molecule has 0 aromatic carbocycles. The molecule has 112 valence electrons. The summed E-state index contributed by atoms with van der Waals surface area (Å²) in [5.74, 6) is 0. The number of carbonyl (C=O) groups excluding carboxylic acids is 2. The molecule has 0 aliphatic rings. The molecule has 0 aromatic rings. The summed E-state index contributed by atoms with van der Waals surface area (Å²) in [6.07, 6.45) is -0.0392. The molecule has 0 saturated heterocycles. The van der Waals surface area contributed by atoms with Crippen molar-refractivity contribution in [2.24, 2.45) is 11.1 Å². The number of aliphatic hydroxyl groups is 1. The fourth-order valence-corrected chi connectivity index (χ4v) is 1.56. The van der Waals surface area contributed by atoms with Crippen molar-refractivity contribution in [3.63, 3.8) is 0 Å². The van der Waals surface area contributed by atoms with Gasteiger partial charge < -0.3 is 20.3 Å². The third kappa shape index (κ3) is 9.12. The first-order chi connectivity index (χ1) is 8.58. The van der Waals surface area contributed by atoms with Crippen LogP contribution < -0.4 is 11.1 Å². The van der Waals surface area contributed by atoms with Crippen molar-refractivity contribution in [1.82, 2.24) is 5.32 Å². The highest BCUT2D eigenvalue weighted by atomic mass is 16.6. The lowest BCUT2D eigenvalue weighted by molar-refractivity contribution is 0.00982. The van der Waals surface area contributed by atoms with E-state index in [0.717, 1.165) is 6.42 Å². The highest BCUT2D eigenvalue weighted by molar-refractivity contribution is 5.67. The van der Waals surface area contributed by atoms with Crippen LogP contribution in [-0.4, -0.2) is 36.2 Å². The van der Waals surface area contributed by atoms with Crippen LogP contribution in [0.15, 0.2) is 0 Å². The van der Waals surface area contributed by atoms with Gasteiger partial charge in [-0.05, 0) is 20.3 Å². The van der Waals surface area contributed by atoms with E-state index in [-0.39, 0.29) is 13.2 Å². The zero-order chi connectivity index (χ0) is 15.1. The largest absolute Gasteiger partial charge is 0.449 e. The molecule has 2 amide bonds. The zero-order valence-electron chi connectivity index (χ0n) is 12.0. The predicted molar refractivity (Wildman–Crippen MR) is 69.3 cm³/mol. The maximum absolute atomic E-state index is 11.4. The predicted octanol–water partition coefficient (Wildman–Crippen LogP) is 1.34. The first-order valence-electron chi connectivity index (χ1n) is 6.17. The van der Waals surface area contributed by atoms with Crippen molar-refractivity contribution in [2.75, 3.05) is 13.2 Å². The minimum absolute atomic E-state index is 0.0655. The first-order valence-corrected chi connectivity index (χ1v) is 6.17. The Morgan fingerprint density at radius 1 is 1.21 bits per heavy atom. The van der Waals surface area contributed by atoms with Crippen molar-refractivity contribution in [1.29, 1.82) is 0 Å². The van der Waals surface area contributed by atoms with Gasteiger partial charge in [-0.15, -0.1) is 0 Å². The summed E-state index contributed by atoms with van der Waals surface area (Å²) in [5, 5.41) is 11.7. The number of amides is 2. The molecule has 19 heavy (non-hydrogen) atoms. The number of carbonyl (C=O) groups is 2. The maximum Gasteiger partial charge on any atom is 0.409 e. The minimum Gasteiger partial charge on any atom is -0.449 e. The van der Waals surface area contributed by atoms with E-state index in [1.165, 1.54) is 13.8 Å². The van der Waals surface area contributed by atoms with Crippen molar-refractivity contribution in [3.8, 4) is 0 Å². The number of alkyl carbamates (subject to hydrolysis) is 1. The quantitative estimate of drug-likeness (QED) is 0.608. The molecular weight excluding hydrogens is 252 g/mol. The summed E-state index contributed by atoms with van der Waals surface area (Å²) in [6, 6.07) is 0. The highest BCUT2D eigenvalue weighted by Gasteiger charge is 2.28. The molecular formula is C12H24N2O5. The number of ether oxygens (including phenoxy) is 2. The molecule has 0 aromatic heterocycles. The number of hydrogen-bond acceptors (Lipinski definition) is 5. The highest BCUT2D eigenvalue weighted by Crippen LogP contribution is 2.24. The van der Waals surface area contributed by atoms with Gasteiger partial charge in [-0.1, -0.05) is 20.3 Å². The Balaban J connectivity index is 4.34. The lowest BCUT2D eigenvalue weighted by Crippen LogP contribution is -2.44. The van der Waals surface area contributed by atoms with Gasteiger partial charge in [0, 0.05) is 5.41 Å². The van der Waals surface area contributed by atoms with Crippen LogP contribution >= 0.6 is 0 Å². The SMILES string of the molecule is CCCC(C)(COC(N)=O)COC(=O)NC(C)(C)O. The zero-order valence-corrected chi connectivity index (χ0v) is 12.0. The average Bonchev–Trinajstić information content (AvgIpc) is 2.22. The molecule has 0 saturated carbocycles. The Kier molecular flexibility index (Phi) is 6.61. The second-order valence-electron chi connectivity index (χ2n) is 5.43. The summed E-state index contributed by atoms with van der Waals surface area (Å²) >= 11 is 0. The first kappa shape index (κ1) is 17.5. The Hall–Kier alpha value is -1.50. The van der Waals surface area contributed by atoms with Gasteiger partial charge in [-0.3, -0.25) is 5.32 Å². The summed E-state index contributed by atoms with van der Waals surface area (Å²) in [6.45, 7) is 6.80. The Morgan fingerprint density at radius 2 is 1.74 bits per heavy atom. The van der Waals surface area contributed by atoms with E-state index < -0.39 is 23.3 Å². The molecule has 0 rings (SSSR count). The van der Waals surface area contributed by atoms with Crippen LogP contribution in [0.25, 0.3) is 0 Å². The number of hydrogen-bond donors (Lipinski definition) is 3. The van der Waals surface area contributed by atoms with Crippen molar-refractivity contribution >= 4 is 12.2 Å². The molecule has 0 fully saturated rings. The summed E-state index contributed by atoms with van der Waals surface area (Å²) < 4.78 is 9.80. The molecule has 0 radical (unpaired) electrons. The van der Waals surface area contributed by atoms with Crippen LogP contribution in [0.1, 0.15) is 40.5 Å². The van der Waals surface area contributed by atoms with E-state index >= 15 is 0 Å². The number of nitrogens with one attached hydrogen (secondary N) is 1. The molecule has 4 N–H and O–H groups in total. The molecule has 7 nitrogen and oxygen atoms in total. The maximum atomic E-state index is 11.4. The van der Waals surface area contributed by atoms with E-state index in [9.17, 15) is 14.7 Å². The van der Waals surface area contributed by atoms with Gasteiger partial charge in [-0.2, -0.15) is 0 Å². The third-order valence-corrected chi connectivity index (χ3v) is 2.38. The standard InChI is InChI=1S/C12H24N2O5/c1-5-6-12(4,7-18-9(13)15)8-19-10(16)14-11(2,3)17/h17H,5-8H2,1-4H3,(H2,13,15)(H,14,16). The Labute approximate surface area is 113 Å². The van der Waals surface area contributed by atoms with E-state index in [4.69, 9.17) is 15.2 Å². The van der Waals surface area contributed by atoms with Gasteiger partial charge in [0.25, 0.3) is 0 Å². The van der Waals surface area contributed by atoms with Gasteiger partial charge in [0.2, 0.25) is 0 Å². The smallest absolute Gasteiger partial charge is 0.409 e. The van der Waals surface area contributed by atoms with Crippen LogP contribution in [0.3, 0.4) is 0 Å². The van der Waals surface area contributed by atoms with Gasteiger partial charge in [0.05, 0.1) is 0 Å². The third-order valence-electron chi connectivity index (χ3n) is 2.38. The molecule has 7 heteroatoms. The number of rotatable bonds is 7. The second kappa shape index (κ2) is 7.18. The summed E-state index contributed by atoms with van der Waals surface area (Å²) in [7, 11) is 0. The fourth-order valence-electron chi connectivity index (χ4n) is 1.56. The fraction of sp³-hybridized carbons (Fsp3) is 0.833. The van der Waals surface area contributed by atoms with Crippen molar-refractivity contribution < 1.29 is 24.2 Å². The Bertz CT molecular complexity index is 314. The van der Waals surface area contributed by atoms with E-state index in [2.05, 4.69) is 5.32 Å². The molecule has 0 aliphatic heterocycles. The van der Waals surface area contributed by atoms with E-state index in [1.807, 2.05) is 13.8 Å². The van der Waals surface area contributed by atoms with Crippen molar-refractivity contribution in [3.05, 3.63) is 0 Å². The van der Waals surface area contributed by atoms with E-state index in [1.54, 1.807) is 0 Å². The normalized spacial score (nSPS) is 14.4. The molecule has 0 spiro atoms. The molecule has 1 atom stereocenters. The summed E-state index contributed by atoms with van der Waals surface area (Å²) in [4.78, 5) is 22.0. The van der Waals surface area contributed by atoms with Crippen LogP contribution in [0.2, 0.25) is 0 Å². The molecule has 0 aliphatic carbocycles. The summed E-state index contributed by atoms with van der Waals surface area (Å²) in [5.41, 5.74) is 3.08. The molecule has 0 heterocycles. The number of primary amides is 1. The van der Waals surface area contributed by atoms with Crippen LogP contribution in [0.5, 0.6) is 0 Å². The van der Waals surface area contributed by atoms with Crippen LogP contribution in [0.4, 0.5) is 9.59 Å². The van der Waals surface area contributed by atoms with Gasteiger partial charge in [-0.25, -0.2) is 9.59 Å². The lowest BCUT2D eigenvalue weighted by atomic mass is 9.87. The molecule has 0 bridgehead atoms. The molecule has 1 unspecified atom stereocenters. The Morgan fingerprint density at radius 3 is 2.16 bits per heavy atom. The van der Waals surface area contributed by atoms with E-state index in [0.29, 0.717) is 6.42 Å². The topological polar surface area (TPSA) is 111 Å². The van der Waals surface area contributed by atoms with Gasteiger partial charge in [0.1, 0.15) is 18.9 Å². The van der Waals surface area contributed by atoms with Crippen molar-refractivity contribution in [2.45, 2.75) is 46.3 Å². The minimum atomic E-state index is -1.35. The monoisotopic (exact) mass is 276 g/mol. The van der Waals surface area contributed by atoms with Crippen LogP contribution in [0, 0.1) is 5.41 Å². The second-order valence-corrected chi connectivity index (χ2v) is 5.43. The van der Waals surface area contributed by atoms with Gasteiger partial charge in [0.15, 0.2) is 0 Å². The average molecular weight is 276 g/mol. The van der Waals surface area contributed by atoms with Gasteiger partial charge >= 0.3 is 12.2 Å². The lowest BCUT2D eigenvalue weighted by Gasteiger charge is -2.28. The number of nitrogens with two attached hydrogens (primary N) is 1.